The van der Waals surface area contributed by atoms with Crippen LogP contribution in [0.3, 0.4) is 0 Å². The van der Waals surface area contributed by atoms with Crippen LogP contribution in [0.4, 0.5) is 0 Å². The molecule has 0 unspecified atom stereocenters. The molecule has 0 heterocycles. The summed E-state index contributed by atoms with van der Waals surface area (Å²) in [6.45, 7) is 9.25. The highest BCUT2D eigenvalue weighted by Crippen LogP contribution is 2.28. The van der Waals surface area contributed by atoms with Crippen LogP contribution in [-0.2, 0) is 0 Å². The third kappa shape index (κ3) is 3.46. The standard InChI is InChI=1S/C10H16SSi/c1-9-5-7-10(8-6-9)11-12(2,3)4/h5-8H,1-4H3. The van der Waals surface area contributed by atoms with Gasteiger partial charge in [-0.2, -0.15) is 11.2 Å². The van der Waals surface area contributed by atoms with E-state index in [1.165, 1.54) is 10.5 Å². The Kier molecular flexibility index (Phi) is 3.02. The molecule has 0 aliphatic carbocycles. The van der Waals surface area contributed by atoms with Gasteiger partial charge in [-0.3, -0.25) is 0 Å². The quantitative estimate of drug-likeness (QED) is 0.646. The smallest absolute Gasteiger partial charge is 0.114 e. The summed E-state index contributed by atoms with van der Waals surface area (Å²) < 4.78 is 0. The van der Waals surface area contributed by atoms with Gasteiger partial charge in [-0.05, 0) is 19.1 Å². The summed E-state index contributed by atoms with van der Waals surface area (Å²) in [6, 6.07) is 8.81. The van der Waals surface area contributed by atoms with Crippen molar-refractivity contribution in [3.63, 3.8) is 0 Å². The van der Waals surface area contributed by atoms with E-state index in [0.29, 0.717) is 0 Å². The monoisotopic (exact) mass is 196 g/mol. The van der Waals surface area contributed by atoms with E-state index in [-0.39, 0.29) is 0 Å². The third-order valence-corrected chi connectivity index (χ3v) is 5.11. The molecule has 0 saturated carbocycles. The molecule has 0 radical (unpaired) electrons. The van der Waals surface area contributed by atoms with Crippen molar-refractivity contribution in [2.24, 2.45) is 0 Å². The minimum absolute atomic E-state index is 0.999. The molecule has 0 fully saturated rings. The minimum atomic E-state index is -0.999. The van der Waals surface area contributed by atoms with Crippen LogP contribution < -0.4 is 0 Å². The first-order valence-corrected chi connectivity index (χ1v) is 9.27. The number of aryl methyl sites for hydroxylation is 1. The molecule has 0 bridgehead atoms. The molecule has 1 aromatic rings. The van der Waals surface area contributed by atoms with Crippen molar-refractivity contribution in [1.82, 2.24) is 0 Å². The molecule has 2 heteroatoms. The SMILES string of the molecule is Cc1ccc(S[Si](C)(C)C)cc1. The van der Waals surface area contributed by atoms with E-state index < -0.39 is 7.22 Å². The van der Waals surface area contributed by atoms with Gasteiger partial charge >= 0.3 is 0 Å². The van der Waals surface area contributed by atoms with Crippen molar-refractivity contribution in [3.05, 3.63) is 29.8 Å². The summed E-state index contributed by atoms with van der Waals surface area (Å²) >= 11 is 2.05. The summed E-state index contributed by atoms with van der Waals surface area (Å²) in [6.07, 6.45) is 0. The maximum Gasteiger partial charge on any atom is 0.114 e. The van der Waals surface area contributed by atoms with E-state index in [1.54, 1.807) is 0 Å². The zero-order valence-electron chi connectivity index (χ0n) is 8.22. The van der Waals surface area contributed by atoms with Crippen molar-refractivity contribution < 1.29 is 0 Å². The van der Waals surface area contributed by atoms with Gasteiger partial charge in [0.05, 0.1) is 0 Å². The maximum absolute atomic E-state index is 2.37. The second-order valence-corrected chi connectivity index (χ2v) is 13.2. The maximum atomic E-state index is 2.37. The van der Waals surface area contributed by atoms with E-state index in [2.05, 4.69) is 50.8 Å². The predicted molar refractivity (Wildman–Crippen MR) is 60.4 cm³/mol. The van der Waals surface area contributed by atoms with Gasteiger partial charge in [0.25, 0.3) is 0 Å². The van der Waals surface area contributed by atoms with Gasteiger partial charge in [-0.1, -0.05) is 37.3 Å². The Balaban J connectivity index is 2.71. The first-order chi connectivity index (χ1) is 5.47. The lowest BCUT2D eigenvalue weighted by atomic mass is 10.2. The third-order valence-electron chi connectivity index (χ3n) is 1.45. The fourth-order valence-electron chi connectivity index (χ4n) is 0.960. The molecular formula is C10H16SSi. The molecular weight excluding hydrogens is 180 g/mol. The van der Waals surface area contributed by atoms with E-state index in [0.717, 1.165) is 0 Å². The van der Waals surface area contributed by atoms with Crippen LogP contribution in [0.25, 0.3) is 0 Å². The van der Waals surface area contributed by atoms with Gasteiger partial charge < -0.3 is 0 Å². The Morgan fingerprint density at radius 1 is 1.00 bits per heavy atom. The van der Waals surface area contributed by atoms with Gasteiger partial charge in [0, 0.05) is 4.90 Å². The van der Waals surface area contributed by atoms with Gasteiger partial charge in [0.2, 0.25) is 0 Å². The molecule has 0 spiro atoms. The lowest BCUT2D eigenvalue weighted by Crippen LogP contribution is -2.13. The molecule has 0 saturated heterocycles. The number of hydrogen-bond acceptors (Lipinski definition) is 1. The lowest BCUT2D eigenvalue weighted by Gasteiger charge is -2.14. The Morgan fingerprint density at radius 3 is 1.92 bits per heavy atom. The molecule has 0 atom stereocenters. The fourth-order valence-corrected chi connectivity index (χ4v) is 4.47. The second-order valence-electron chi connectivity index (χ2n) is 4.03. The number of hydrogen-bond donors (Lipinski definition) is 0. The van der Waals surface area contributed by atoms with Crippen molar-refractivity contribution >= 4 is 18.4 Å². The van der Waals surface area contributed by atoms with Crippen molar-refractivity contribution in [2.45, 2.75) is 31.5 Å². The molecule has 1 aromatic carbocycles. The van der Waals surface area contributed by atoms with E-state index in [9.17, 15) is 0 Å². The molecule has 0 N–H and O–H groups in total. The van der Waals surface area contributed by atoms with Crippen LogP contribution in [0.1, 0.15) is 5.56 Å². The van der Waals surface area contributed by atoms with E-state index >= 15 is 0 Å². The fraction of sp³-hybridized carbons (Fsp3) is 0.400. The Labute approximate surface area is 80.0 Å². The summed E-state index contributed by atoms with van der Waals surface area (Å²) in [5.41, 5.74) is 1.34. The van der Waals surface area contributed by atoms with Crippen LogP contribution in [0.2, 0.25) is 19.6 Å². The van der Waals surface area contributed by atoms with Gasteiger partial charge in [0.1, 0.15) is 7.22 Å². The van der Waals surface area contributed by atoms with Crippen molar-refractivity contribution in [3.8, 4) is 0 Å². The van der Waals surface area contributed by atoms with Crippen LogP contribution in [0, 0.1) is 6.92 Å². The van der Waals surface area contributed by atoms with Crippen LogP contribution in [0.15, 0.2) is 29.2 Å². The second kappa shape index (κ2) is 3.67. The van der Waals surface area contributed by atoms with Gasteiger partial charge in [-0.15, -0.1) is 0 Å². The Bertz CT molecular complexity index is 246. The first kappa shape index (κ1) is 9.87. The summed E-state index contributed by atoms with van der Waals surface area (Å²) in [5, 5.41) is 0. The zero-order chi connectivity index (χ0) is 9.19. The van der Waals surface area contributed by atoms with Crippen LogP contribution in [-0.4, -0.2) is 7.22 Å². The zero-order valence-corrected chi connectivity index (χ0v) is 10.0. The van der Waals surface area contributed by atoms with E-state index in [1.807, 2.05) is 11.2 Å². The van der Waals surface area contributed by atoms with Crippen molar-refractivity contribution in [1.29, 1.82) is 0 Å². The Morgan fingerprint density at radius 2 is 1.50 bits per heavy atom. The molecule has 12 heavy (non-hydrogen) atoms. The average molecular weight is 196 g/mol. The molecule has 0 amide bonds. The summed E-state index contributed by atoms with van der Waals surface area (Å²) in [7, 11) is -0.999. The molecule has 0 nitrogen and oxygen atoms in total. The van der Waals surface area contributed by atoms with Crippen molar-refractivity contribution in [2.75, 3.05) is 0 Å². The van der Waals surface area contributed by atoms with Crippen LogP contribution in [0.5, 0.6) is 0 Å². The van der Waals surface area contributed by atoms with Gasteiger partial charge in [0.15, 0.2) is 0 Å². The van der Waals surface area contributed by atoms with Crippen LogP contribution >= 0.6 is 11.2 Å². The number of rotatable bonds is 2. The molecule has 0 aliphatic rings. The largest absolute Gasteiger partial charge is 0.152 e. The van der Waals surface area contributed by atoms with Gasteiger partial charge in [-0.25, -0.2) is 0 Å². The topological polar surface area (TPSA) is 0 Å². The summed E-state index contributed by atoms with van der Waals surface area (Å²) in [5.74, 6) is 0. The normalized spacial score (nSPS) is 11.7. The lowest BCUT2D eigenvalue weighted by molar-refractivity contribution is 1.38. The predicted octanol–water partition coefficient (Wildman–Crippen LogP) is 3.92. The molecule has 0 aromatic heterocycles. The molecule has 1 rings (SSSR count). The molecule has 66 valence electrons. The summed E-state index contributed by atoms with van der Waals surface area (Å²) in [4.78, 5) is 1.42. The average Bonchev–Trinajstić information content (AvgIpc) is 1.91. The Hall–Kier alpha value is -0.213. The minimum Gasteiger partial charge on any atom is -0.152 e. The molecule has 0 aliphatic heterocycles. The highest BCUT2D eigenvalue weighted by Gasteiger charge is 2.14. The van der Waals surface area contributed by atoms with E-state index in [4.69, 9.17) is 0 Å². The highest BCUT2D eigenvalue weighted by atomic mass is 32.4. The number of benzene rings is 1. The first-order valence-electron chi connectivity index (χ1n) is 4.23. The highest BCUT2D eigenvalue weighted by molar-refractivity contribution is 8.28.